The second kappa shape index (κ2) is 8.58. The predicted octanol–water partition coefficient (Wildman–Crippen LogP) is 3.26. The van der Waals surface area contributed by atoms with Gasteiger partial charge >= 0.3 is 0 Å². The summed E-state index contributed by atoms with van der Waals surface area (Å²) in [7, 11) is 4.98. The maximum atomic E-state index is 11.9. The number of aryl methyl sites for hydroxylation is 1. The smallest absolute Gasteiger partial charge is 0.251 e. The number of ether oxygens (including phenoxy) is 2. The van der Waals surface area contributed by atoms with E-state index < -0.39 is 0 Å². The summed E-state index contributed by atoms with van der Waals surface area (Å²) >= 11 is 0. The van der Waals surface area contributed by atoms with Crippen LogP contribution in [0.25, 0.3) is 22.2 Å². The Morgan fingerprint density at radius 3 is 2.72 bits per heavy atom. The minimum Gasteiger partial charge on any atom is -0.495 e. The van der Waals surface area contributed by atoms with Crippen molar-refractivity contribution in [3.05, 3.63) is 42.4 Å². The number of benzene rings is 1. The Labute approximate surface area is 185 Å². The molecule has 3 heterocycles. The number of amides is 1. The third kappa shape index (κ3) is 4.07. The van der Waals surface area contributed by atoms with Crippen LogP contribution in [-0.4, -0.2) is 50.9 Å². The first-order valence-electron chi connectivity index (χ1n) is 10.1. The molecule has 32 heavy (non-hydrogen) atoms. The Balaban J connectivity index is 1.77. The molecule has 0 radical (unpaired) electrons. The number of aromatic amines is 1. The molecule has 0 saturated heterocycles. The quantitative estimate of drug-likeness (QED) is 0.408. The average molecular weight is 435 g/mol. The zero-order chi connectivity index (χ0) is 22.8. The van der Waals surface area contributed by atoms with Crippen LogP contribution in [0, 0.1) is 0 Å². The number of anilines is 2. The monoisotopic (exact) mass is 435 g/mol. The lowest BCUT2D eigenvalue weighted by Gasteiger charge is -2.14. The lowest BCUT2D eigenvalue weighted by molar-refractivity contribution is 0.0962. The van der Waals surface area contributed by atoms with Gasteiger partial charge in [0.05, 0.1) is 30.5 Å². The highest BCUT2D eigenvalue weighted by Gasteiger charge is 2.19. The molecule has 1 amide bonds. The molecule has 0 fully saturated rings. The van der Waals surface area contributed by atoms with Gasteiger partial charge in [-0.3, -0.25) is 9.48 Å². The molecule has 3 aromatic heterocycles. The SMILES string of the molecule is CNC(=O)c1ccc(Nc2nc(OC(C)C)c3c(-c4cnn(C)c4)c[nH]c3n2)c(OC)c1. The normalized spacial score (nSPS) is 11.1. The minimum atomic E-state index is -0.200. The van der Waals surface area contributed by atoms with Gasteiger partial charge in [-0.2, -0.15) is 15.1 Å². The van der Waals surface area contributed by atoms with Gasteiger partial charge in [0.1, 0.15) is 11.4 Å². The van der Waals surface area contributed by atoms with Crippen molar-refractivity contribution in [3.63, 3.8) is 0 Å². The Kier molecular flexibility index (Phi) is 5.67. The number of hydrogen-bond acceptors (Lipinski definition) is 7. The fourth-order valence-corrected chi connectivity index (χ4v) is 3.35. The van der Waals surface area contributed by atoms with Crippen LogP contribution in [-0.2, 0) is 7.05 Å². The Hall–Kier alpha value is -4.08. The van der Waals surface area contributed by atoms with Gasteiger partial charge in [-0.15, -0.1) is 0 Å². The first kappa shape index (κ1) is 21.2. The molecule has 0 unspecified atom stereocenters. The molecule has 0 aliphatic rings. The summed E-state index contributed by atoms with van der Waals surface area (Å²) < 4.78 is 13.2. The van der Waals surface area contributed by atoms with Gasteiger partial charge in [-0.05, 0) is 32.0 Å². The third-order valence-electron chi connectivity index (χ3n) is 4.80. The molecule has 0 bridgehead atoms. The number of carbonyl (C=O) groups excluding carboxylic acids is 1. The first-order valence-corrected chi connectivity index (χ1v) is 10.1. The van der Waals surface area contributed by atoms with Crippen molar-refractivity contribution >= 4 is 28.6 Å². The van der Waals surface area contributed by atoms with E-state index in [0.717, 1.165) is 16.5 Å². The van der Waals surface area contributed by atoms with Gasteiger partial charge in [0.25, 0.3) is 5.91 Å². The van der Waals surface area contributed by atoms with E-state index in [1.54, 1.807) is 36.1 Å². The van der Waals surface area contributed by atoms with Crippen LogP contribution in [0.4, 0.5) is 11.6 Å². The number of methoxy groups -OCH3 is 1. The Bertz CT molecular complexity index is 1280. The highest BCUT2D eigenvalue weighted by Crippen LogP contribution is 2.36. The number of hydrogen-bond donors (Lipinski definition) is 3. The fraction of sp³-hybridized carbons (Fsp3) is 0.273. The largest absolute Gasteiger partial charge is 0.495 e. The molecule has 0 aliphatic heterocycles. The molecule has 0 spiro atoms. The Morgan fingerprint density at radius 1 is 1.25 bits per heavy atom. The number of nitrogens with one attached hydrogen (secondary N) is 3. The maximum absolute atomic E-state index is 11.9. The van der Waals surface area contributed by atoms with Crippen molar-refractivity contribution in [1.82, 2.24) is 30.0 Å². The van der Waals surface area contributed by atoms with Crippen molar-refractivity contribution in [3.8, 4) is 22.8 Å². The van der Waals surface area contributed by atoms with Gasteiger partial charge in [0, 0.05) is 43.2 Å². The maximum Gasteiger partial charge on any atom is 0.251 e. The van der Waals surface area contributed by atoms with E-state index in [1.807, 2.05) is 33.3 Å². The number of nitrogens with zero attached hydrogens (tertiary/aromatic N) is 4. The van der Waals surface area contributed by atoms with E-state index in [4.69, 9.17) is 9.47 Å². The van der Waals surface area contributed by atoms with Crippen molar-refractivity contribution in [2.45, 2.75) is 20.0 Å². The van der Waals surface area contributed by atoms with Crippen LogP contribution in [0.2, 0.25) is 0 Å². The number of H-pyrrole nitrogens is 1. The lowest BCUT2D eigenvalue weighted by Crippen LogP contribution is -2.17. The molecule has 166 valence electrons. The van der Waals surface area contributed by atoms with Crippen molar-refractivity contribution in [2.75, 3.05) is 19.5 Å². The number of carbonyl (C=O) groups is 1. The topological polar surface area (TPSA) is 119 Å². The number of rotatable bonds is 7. The summed E-state index contributed by atoms with van der Waals surface area (Å²) in [5, 5.41) is 10.8. The van der Waals surface area contributed by atoms with Crippen LogP contribution in [0.5, 0.6) is 11.6 Å². The first-order chi connectivity index (χ1) is 15.4. The molecule has 0 aliphatic carbocycles. The summed E-state index contributed by atoms with van der Waals surface area (Å²) in [6, 6.07) is 5.10. The van der Waals surface area contributed by atoms with E-state index in [2.05, 4.69) is 30.7 Å². The summed E-state index contributed by atoms with van der Waals surface area (Å²) in [5.74, 6) is 1.07. The van der Waals surface area contributed by atoms with E-state index in [9.17, 15) is 4.79 Å². The van der Waals surface area contributed by atoms with Gasteiger partial charge in [0.15, 0.2) is 0 Å². The van der Waals surface area contributed by atoms with Crippen molar-refractivity contribution < 1.29 is 14.3 Å². The second-order valence-electron chi connectivity index (χ2n) is 7.47. The molecule has 3 N–H and O–H groups in total. The van der Waals surface area contributed by atoms with Gasteiger partial charge < -0.3 is 25.1 Å². The van der Waals surface area contributed by atoms with E-state index in [1.165, 1.54) is 7.11 Å². The summed E-state index contributed by atoms with van der Waals surface area (Å²) in [5.41, 5.74) is 3.57. The highest BCUT2D eigenvalue weighted by atomic mass is 16.5. The zero-order valence-electron chi connectivity index (χ0n) is 18.6. The average Bonchev–Trinajstić information content (AvgIpc) is 3.39. The van der Waals surface area contributed by atoms with E-state index >= 15 is 0 Å². The molecule has 0 saturated carbocycles. The van der Waals surface area contributed by atoms with Crippen LogP contribution in [0.15, 0.2) is 36.8 Å². The summed E-state index contributed by atoms with van der Waals surface area (Å²) in [6.07, 6.45) is 5.49. The third-order valence-corrected chi connectivity index (χ3v) is 4.80. The molecule has 0 atom stereocenters. The number of aromatic nitrogens is 5. The van der Waals surface area contributed by atoms with Crippen LogP contribution < -0.4 is 20.1 Å². The molecule has 10 nitrogen and oxygen atoms in total. The standard InChI is InChI=1S/C22H25N7O3/c1-12(2)32-21-18-15(14-9-25-29(4)11-14)10-24-19(18)27-22(28-21)26-16-7-6-13(20(30)23-3)8-17(16)31-5/h6-12H,1-5H3,(H,23,30)(H2,24,26,27,28). The highest BCUT2D eigenvalue weighted by molar-refractivity contribution is 5.98. The molecule has 10 heteroatoms. The fourth-order valence-electron chi connectivity index (χ4n) is 3.35. The molecular weight excluding hydrogens is 410 g/mol. The Morgan fingerprint density at radius 2 is 2.06 bits per heavy atom. The van der Waals surface area contributed by atoms with Gasteiger partial charge in [0.2, 0.25) is 11.8 Å². The summed E-state index contributed by atoms with van der Waals surface area (Å²) in [6.45, 7) is 3.88. The molecule has 4 rings (SSSR count). The molecule has 1 aromatic carbocycles. The van der Waals surface area contributed by atoms with E-state index in [0.29, 0.717) is 34.5 Å². The molecule has 4 aromatic rings. The summed E-state index contributed by atoms with van der Waals surface area (Å²) in [4.78, 5) is 24.4. The minimum absolute atomic E-state index is 0.0843. The molecular formula is C22H25N7O3. The van der Waals surface area contributed by atoms with Gasteiger partial charge in [-0.25, -0.2) is 0 Å². The zero-order valence-corrected chi connectivity index (χ0v) is 18.6. The predicted molar refractivity (Wildman–Crippen MR) is 122 cm³/mol. The second-order valence-corrected chi connectivity index (χ2v) is 7.47. The van der Waals surface area contributed by atoms with Crippen molar-refractivity contribution in [1.29, 1.82) is 0 Å². The van der Waals surface area contributed by atoms with Crippen LogP contribution in [0.3, 0.4) is 0 Å². The lowest BCUT2D eigenvalue weighted by atomic mass is 10.1. The van der Waals surface area contributed by atoms with Crippen LogP contribution in [0.1, 0.15) is 24.2 Å². The van der Waals surface area contributed by atoms with E-state index in [-0.39, 0.29) is 12.0 Å². The van der Waals surface area contributed by atoms with Crippen molar-refractivity contribution in [2.24, 2.45) is 7.05 Å². The van der Waals surface area contributed by atoms with Gasteiger partial charge in [-0.1, -0.05) is 0 Å². The van der Waals surface area contributed by atoms with Crippen LogP contribution >= 0.6 is 0 Å². The number of fused-ring (bicyclic) bond motifs is 1.